The third kappa shape index (κ3) is 3.93. The van der Waals surface area contributed by atoms with E-state index in [1.54, 1.807) is 13.1 Å². The number of nitrogens with one attached hydrogen (secondary N) is 2. The molecule has 0 unspecified atom stereocenters. The molecule has 0 saturated carbocycles. The fourth-order valence-electron chi connectivity index (χ4n) is 2.49. The molecule has 3 N–H and O–H groups in total. The van der Waals surface area contributed by atoms with Crippen LogP contribution in [-0.2, 0) is 22.4 Å². The summed E-state index contributed by atoms with van der Waals surface area (Å²) in [5, 5.41) is 11.6. The van der Waals surface area contributed by atoms with Crippen LogP contribution in [0.2, 0.25) is 0 Å². The van der Waals surface area contributed by atoms with Gasteiger partial charge in [-0.15, -0.1) is 0 Å². The van der Waals surface area contributed by atoms with E-state index < -0.39 is 5.97 Å². The van der Waals surface area contributed by atoms with E-state index in [0.29, 0.717) is 30.8 Å². The second-order valence-electron chi connectivity index (χ2n) is 5.54. The van der Waals surface area contributed by atoms with Crippen LogP contribution in [0.1, 0.15) is 43.4 Å². The maximum Gasteiger partial charge on any atom is 0.331 e. The molecule has 114 valence electrons. The molecule has 6 nitrogen and oxygen atoms in total. The number of aromatic nitrogens is 2. The van der Waals surface area contributed by atoms with Gasteiger partial charge in [-0.1, -0.05) is 6.92 Å². The number of aryl methyl sites for hydroxylation is 1. The minimum atomic E-state index is -0.871. The molecule has 21 heavy (non-hydrogen) atoms. The van der Waals surface area contributed by atoms with Crippen LogP contribution in [0.5, 0.6) is 0 Å². The van der Waals surface area contributed by atoms with E-state index in [4.69, 9.17) is 5.11 Å². The van der Waals surface area contributed by atoms with E-state index in [1.165, 1.54) is 0 Å². The molecule has 1 aromatic rings. The van der Waals surface area contributed by atoms with E-state index in [0.717, 1.165) is 30.1 Å². The average molecular weight is 291 g/mol. The lowest BCUT2D eigenvalue weighted by Crippen LogP contribution is -2.18. The number of nitrogens with zero attached hydrogens (tertiary/aromatic N) is 1. The van der Waals surface area contributed by atoms with E-state index in [2.05, 4.69) is 22.2 Å². The van der Waals surface area contributed by atoms with Gasteiger partial charge < -0.3 is 15.4 Å². The summed E-state index contributed by atoms with van der Waals surface area (Å²) in [5.41, 5.74) is 2.16. The van der Waals surface area contributed by atoms with Crippen LogP contribution in [0, 0.1) is 5.92 Å². The largest absolute Gasteiger partial charge is 0.478 e. The van der Waals surface area contributed by atoms with Crippen LogP contribution in [0.25, 0.3) is 6.08 Å². The third-order valence-corrected chi connectivity index (χ3v) is 3.77. The molecule has 6 heteroatoms. The summed E-state index contributed by atoms with van der Waals surface area (Å²) in [6.45, 7) is 2.09. The van der Waals surface area contributed by atoms with Gasteiger partial charge in [-0.05, 0) is 31.3 Å². The minimum Gasteiger partial charge on any atom is -0.478 e. The van der Waals surface area contributed by atoms with Crippen LogP contribution >= 0.6 is 0 Å². The van der Waals surface area contributed by atoms with Gasteiger partial charge in [0, 0.05) is 31.2 Å². The van der Waals surface area contributed by atoms with Gasteiger partial charge in [0.25, 0.3) is 0 Å². The lowest BCUT2D eigenvalue weighted by molar-refractivity contribution is -0.132. The van der Waals surface area contributed by atoms with Crippen molar-refractivity contribution in [2.24, 2.45) is 5.92 Å². The standard InChI is InChI=1S/C15H21N3O3/c1-9(3-6-14(19)16-2)7-13-17-11-5-4-10(15(20)21)8-12(11)18-13/h8-9H,3-7H2,1-2H3,(H,16,19)(H,17,18)(H,20,21)/t9-/m0/s1. The predicted octanol–water partition coefficient (Wildman–Crippen LogP) is 1.53. The van der Waals surface area contributed by atoms with Gasteiger partial charge in [0.2, 0.25) is 5.91 Å². The lowest BCUT2D eigenvalue weighted by Gasteiger charge is -2.08. The Morgan fingerprint density at radius 3 is 2.90 bits per heavy atom. The highest BCUT2D eigenvalue weighted by Gasteiger charge is 2.19. The zero-order valence-corrected chi connectivity index (χ0v) is 12.4. The first-order chi connectivity index (χ1) is 9.99. The van der Waals surface area contributed by atoms with Gasteiger partial charge in [0.05, 0.1) is 5.69 Å². The molecular weight excluding hydrogens is 270 g/mol. The first-order valence-electron chi connectivity index (χ1n) is 7.21. The molecule has 0 radical (unpaired) electrons. The molecule has 0 saturated heterocycles. The SMILES string of the molecule is CNC(=O)CC[C@H](C)Cc1nc2c([nH]1)CCC(C(=O)O)=C2. The van der Waals surface area contributed by atoms with Gasteiger partial charge in [-0.3, -0.25) is 4.79 Å². The van der Waals surface area contributed by atoms with E-state index in [1.807, 2.05) is 0 Å². The van der Waals surface area contributed by atoms with Crippen molar-refractivity contribution in [3.8, 4) is 0 Å². The summed E-state index contributed by atoms with van der Waals surface area (Å²) in [6.07, 6.45) is 4.96. The quantitative estimate of drug-likeness (QED) is 0.740. The minimum absolute atomic E-state index is 0.0506. The van der Waals surface area contributed by atoms with Crippen molar-refractivity contribution in [3.63, 3.8) is 0 Å². The number of carbonyl (C=O) groups is 2. The van der Waals surface area contributed by atoms with Crippen molar-refractivity contribution in [2.75, 3.05) is 7.05 Å². The number of rotatable bonds is 6. The van der Waals surface area contributed by atoms with Gasteiger partial charge in [-0.25, -0.2) is 9.78 Å². The summed E-state index contributed by atoms with van der Waals surface area (Å²) in [4.78, 5) is 30.0. The van der Waals surface area contributed by atoms with Crippen molar-refractivity contribution < 1.29 is 14.7 Å². The van der Waals surface area contributed by atoms with Crippen LogP contribution < -0.4 is 5.32 Å². The summed E-state index contributed by atoms with van der Waals surface area (Å²) in [5.74, 6) is 0.392. The number of carboxylic acids is 1. The number of imidazole rings is 1. The van der Waals surface area contributed by atoms with E-state index in [-0.39, 0.29) is 5.91 Å². The molecule has 1 aromatic heterocycles. The van der Waals surface area contributed by atoms with Gasteiger partial charge in [0.15, 0.2) is 0 Å². The van der Waals surface area contributed by atoms with Gasteiger partial charge in [-0.2, -0.15) is 0 Å². The smallest absolute Gasteiger partial charge is 0.331 e. The number of aromatic amines is 1. The molecule has 1 aliphatic rings. The number of carbonyl (C=O) groups excluding carboxylic acids is 1. The zero-order chi connectivity index (χ0) is 15.4. The summed E-state index contributed by atoms with van der Waals surface area (Å²) >= 11 is 0. The van der Waals surface area contributed by atoms with Crippen molar-refractivity contribution in [2.45, 2.75) is 39.0 Å². The van der Waals surface area contributed by atoms with Crippen molar-refractivity contribution in [1.82, 2.24) is 15.3 Å². The highest BCUT2D eigenvalue weighted by atomic mass is 16.4. The maximum atomic E-state index is 11.2. The topological polar surface area (TPSA) is 95.1 Å². The predicted molar refractivity (Wildman–Crippen MR) is 78.7 cm³/mol. The second-order valence-corrected chi connectivity index (χ2v) is 5.54. The lowest BCUT2D eigenvalue weighted by atomic mass is 10.0. The number of amides is 1. The van der Waals surface area contributed by atoms with Crippen LogP contribution in [0.15, 0.2) is 5.57 Å². The van der Waals surface area contributed by atoms with Crippen molar-refractivity contribution in [1.29, 1.82) is 0 Å². The Kier molecular flexibility index (Phi) is 4.77. The Bertz CT molecular complexity index is 575. The molecule has 0 bridgehead atoms. The van der Waals surface area contributed by atoms with Crippen LogP contribution in [-0.4, -0.2) is 34.0 Å². The Hall–Kier alpha value is -2.11. The normalized spacial score (nSPS) is 15.0. The van der Waals surface area contributed by atoms with Gasteiger partial charge in [0.1, 0.15) is 5.82 Å². The number of fused-ring (bicyclic) bond motifs is 1. The molecule has 0 fully saturated rings. The Balaban J connectivity index is 1.97. The van der Waals surface area contributed by atoms with Crippen LogP contribution in [0.3, 0.4) is 0 Å². The number of carboxylic acid groups (broad SMARTS) is 1. The zero-order valence-electron chi connectivity index (χ0n) is 12.4. The van der Waals surface area contributed by atoms with E-state index in [9.17, 15) is 9.59 Å². The molecule has 0 aromatic carbocycles. The van der Waals surface area contributed by atoms with Crippen molar-refractivity contribution in [3.05, 3.63) is 22.8 Å². The number of hydrogen-bond donors (Lipinski definition) is 3. The van der Waals surface area contributed by atoms with E-state index >= 15 is 0 Å². The molecule has 1 amide bonds. The Morgan fingerprint density at radius 1 is 1.48 bits per heavy atom. The maximum absolute atomic E-state index is 11.2. The highest BCUT2D eigenvalue weighted by molar-refractivity contribution is 5.92. The molecule has 0 spiro atoms. The summed E-state index contributed by atoms with van der Waals surface area (Å²) in [7, 11) is 1.64. The number of H-pyrrole nitrogens is 1. The summed E-state index contributed by atoms with van der Waals surface area (Å²) < 4.78 is 0. The van der Waals surface area contributed by atoms with Crippen molar-refractivity contribution >= 4 is 18.0 Å². The summed E-state index contributed by atoms with van der Waals surface area (Å²) in [6, 6.07) is 0. The fourth-order valence-corrected chi connectivity index (χ4v) is 2.49. The number of aliphatic carboxylic acids is 1. The van der Waals surface area contributed by atoms with Gasteiger partial charge >= 0.3 is 5.97 Å². The second kappa shape index (κ2) is 6.56. The molecular formula is C15H21N3O3. The number of hydrogen-bond acceptors (Lipinski definition) is 3. The molecule has 1 atom stereocenters. The fraction of sp³-hybridized carbons (Fsp3) is 0.533. The molecule has 0 aliphatic heterocycles. The first kappa shape index (κ1) is 15.3. The Labute approximate surface area is 123 Å². The monoisotopic (exact) mass is 291 g/mol. The molecule has 2 rings (SSSR count). The molecule has 1 heterocycles. The average Bonchev–Trinajstić information content (AvgIpc) is 2.85. The Morgan fingerprint density at radius 2 is 2.24 bits per heavy atom. The molecule has 1 aliphatic carbocycles. The van der Waals surface area contributed by atoms with Crippen LogP contribution in [0.4, 0.5) is 0 Å². The first-order valence-corrected chi connectivity index (χ1v) is 7.21. The highest BCUT2D eigenvalue weighted by Crippen LogP contribution is 2.23. The third-order valence-electron chi connectivity index (χ3n) is 3.77.